The number of hydrogen-bond donors (Lipinski definition) is 4. The van der Waals surface area contributed by atoms with Gasteiger partial charge in [-0.05, 0) is 31.5 Å². The molecule has 1 heterocycles. The van der Waals surface area contributed by atoms with Crippen molar-refractivity contribution in [3.63, 3.8) is 0 Å². The summed E-state index contributed by atoms with van der Waals surface area (Å²) in [5, 5.41) is 12.6. The highest BCUT2D eigenvalue weighted by molar-refractivity contribution is 5.96. The van der Waals surface area contributed by atoms with Crippen molar-refractivity contribution in [1.29, 1.82) is 0 Å². The van der Waals surface area contributed by atoms with E-state index in [1.54, 1.807) is 18.2 Å². The molecule has 0 fully saturated rings. The highest BCUT2D eigenvalue weighted by Crippen LogP contribution is 2.20. The Morgan fingerprint density at radius 2 is 2.29 bits per heavy atom. The molecule has 112 valence electrons. The van der Waals surface area contributed by atoms with E-state index < -0.39 is 0 Å². The maximum absolute atomic E-state index is 11.8. The molecule has 7 heteroatoms. The van der Waals surface area contributed by atoms with Crippen LogP contribution in [-0.2, 0) is 6.42 Å². The largest absolute Gasteiger partial charge is 0.397 e. The van der Waals surface area contributed by atoms with Crippen LogP contribution in [0.5, 0.6) is 0 Å². The number of nitrogens with zero attached hydrogens (tertiary/aromatic N) is 2. The second-order valence-electron chi connectivity index (χ2n) is 4.62. The van der Waals surface area contributed by atoms with Crippen LogP contribution in [0.3, 0.4) is 0 Å². The van der Waals surface area contributed by atoms with Crippen LogP contribution in [-0.4, -0.2) is 34.2 Å². The summed E-state index contributed by atoms with van der Waals surface area (Å²) in [7, 11) is 0. The third kappa shape index (κ3) is 4.20. The zero-order chi connectivity index (χ0) is 15.1. The third-order valence-corrected chi connectivity index (χ3v) is 3.02. The smallest absolute Gasteiger partial charge is 0.251 e. The van der Waals surface area contributed by atoms with Crippen molar-refractivity contribution in [3.05, 3.63) is 35.9 Å². The second-order valence-corrected chi connectivity index (χ2v) is 4.62. The Kier molecular flexibility index (Phi) is 5.14. The van der Waals surface area contributed by atoms with Crippen LogP contribution in [0.2, 0.25) is 0 Å². The minimum atomic E-state index is -0.0952. The van der Waals surface area contributed by atoms with Gasteiger partial charge in [-0.25, -0.2) is 4.98 Å². The molecule has 0 atom stereocenters. The first-order valence-electron chi connectivity index (χ1n) is 6.96. The molecule has 0 saturated heterocycles. The molecule has 1 aromatic carbocycles. The van der Waals surface area contributed by atoms with Gasteiger partial charge in [-0.3, -0.25) is 9.89 Å². The fourth-order valence-corrected chi connectivity index (χ4v) is 1.94. The van der Waals surface area contributed by atoms with Gasteiger partial charge in [0.1, 0.15) is 12.2 Å². The number of aromatic amines is 1. The minimum absolute atomic E-state index is 0.0952. The lowest BCUT2D eigenvalue weighted by Crippen LogP contribution is -2.22. The van der Waals surface area contributed by atoms with Crippen molar-refractivity contribution in [2.24, 2.45) is 0 Å². The average Bonchev–Trinajstić information content (AvgIpc) is 2.98. The molecule has 0 radical (unpaired) electrons. The summed E-state index contributed by atoms with van der Waals surface area (Å²) in [5.74, 6) is 0.767. The van der Waals surface area contributed by atoms with E-state index in [-0.39, 0.29) is 5.91 Å². The van der Waals surface area contributed by atoms with Gasteiger partial charge in [-0.2, -0.15) is 5.10 Å². The van der Waals surface area contributed by atoms with Crippen molar-refractivity contribution in [2.45, 2.75) is 19.8 Å². The predicted octanol–water partition coefficient (Wildman–Crippen LogP) is 1.18. The van der Waals surface area contributed by atoms with Gasteiger partial charge < -0.3 is 16.4 Å². The van der Waals surface area contributed by atoms with Crippen LogP contribution < -0.4 is 16.4 Å². The van der Waals surface area contributed by atoms with E-state index in [9.17, 15) is 4.79 Å². The molecule has 2 aromatic rings. The summed E-state index contributed by atoms with van der Waals surface area (Å²) >= 11 is 0. The van der Waals surface area contributed by atoms with Gasteiger partial charge in [0.2, 0.25) is 0 Å². The lowest BCUT2D eigenvalue weighted by Gasteiger charge is -2.11. The lowest BCUT2D eigenvalue weighted by molar-refractivity contribution is 0.0956. The molecule has 0 bridgehead atoms. The number of hydrogen-bond acceptors (Lipinski definition) is 5. The van der Waals surface area contributed by atoms with Crippen LogP contribution in [0, 0.1) is 0 Å². The summed E-state index contributed by atoms with van der Waals surface area (Å²) in [4.78, 5) is 15.9. The molecule has 1 amide bonds. The number of nitrogens with one attached hydrogen (secondary N) is 3. The quantitative estimate of drug-likeness (QED) is 0.452. The van der Waals surface area contributed by atoms with E-state index in [1.807, 2.05) is 6.92 Å². The number of carbonyl (C=O) groups excluding carboxylic acids is 1. The molecule has 0 aliphatic carbocycles. The molecule has 5 N–H and O–H groups in total. The number of aromatic nitrogens is 3. The van der Waals surface area contributed by atoms with Gasteiger partial charge in [-0.1, -0.05) is 0 Å². The Labute approximate surface area is 123 Å². The Morgan fingerprint density at radius 1 is 1.43 bits per heavy atom. The molecular formula is C14H20N6O. The van der Waals surface area contributed by atoms with Crippen molar-refractivity contribution >= 4 is 17.3 Å². The lowest BCUT2D eigenvalue weighted by atomic mass is 10.1. The maximum atomic E-state index is 11.8. The van der Waals surface area contributed by atoms with Gasteiger partial charge in [-0.15, -0.1) is 0 Å². The fourth-order valence-electron chi connectivity index (χ4n) is 1.94. The fraction of sp³-hybridized carbons (Fsp3) is 0.357. The SMILES string of the molecule is CCNC(=O)c1ccc(N)c(NCCCc2ncn[nH]2)c1. The number of H-pyrrole nitrogens is 1. The highest BCUT2D eigenvalue weighted by atomic mass is 16.1. The molecule has 0 aliphatic rings. The number of amides is 1. The van der Waals surface area contributed by atoms with E-state index in [2.05, 4.69) is 25.8 Å². The summed E-state index contributed by atoms with van der Waals surface area (Å²) in [6.07, 6.45) is 3.19. The monoisotopic (exact) mass is 288 g/mol. The van der Waals surface area contributed by atoms with E-state index in [0.29, 0.717) is 17.8 Å². The van der Waals surface area contributed by atoms with Crippen LogP contribution in [0.4, 0.5) is 11.4 Å². The Hall–Kier alpha value is -2.57. The van der Waals surface area contributed by atoms with E-state index >= 15 is 0 Å². The van der Waals surface area contributed by atoms with Crippen LogP contribution in [0.1, 0.15) is 29.5 Å². The molecule has 1 aromatic heterocycles. The number of nitrogen functional groups attached to an aromatic ring is 1. The Morgan fingerprint density at radius 3 is 3.00 bits per heavy atom. The molecule has 2 rings (SSSR count). The van der Waals surface area contributed by atoms with Gasteiger partial charge >= 0.3 is 0 Å². The van der Waals surface area contributed by atoms with Crippen LogP contribution >= 0.6 is 0 Å². The highest BCUT2D eigenvalue weighted by Gasteiger charge is 2.07. The average molecular weight is 288 g/mol. The number of carbonyl (C=O) groups is 1. The maximum Gasteiger partial charge on any atom is 0.251 e. The summed E-state index contributed by atoms with van der Waals surface area (Å²) in [5.41, 5.74) is 7.92. The number of nitrogens with two attached hydrogens (primary N) is 1. The predicted molar refractivity (Wildman–Crippen MR) is 82.1 cm³/mol. The number of aryl methyl sites for hydroxylation is 1. The van der Waals surface area contributed by atoms with Crippen molar-refractivity contribution in [3.8, 4) is 0 Å². The van der Waals surface area contributed by atoms with Gasteiger partial charge in [0.25, 0.3) is 5.91 Å². The Balaban J connectivity index is 1.89. The molecule has 7 nitrogen and oxygen atoms in total. The van der Waals surface area contributed by atoms with E-state index in [4.69, 9.17) is 5.73 Å². The topological polar surface area (TPSA) is 109 Å². The first kappa shape index (κ1) is 14.8. The van der Waals surface area contributed by atoms with E-state index in [0.717, 1.165) is 30.9 Å². The second kappa shape index (κ2) is 7.28. The van der Waals surface area contributed by atoms with Crippen LogP contribution in [0.25, 0.3) is 0 Å². The summed E-state index contributed by atoms with van der Waals surface area (Å²) in [6.45, 7) is 3.23. The molecular weight excluding hydrogens is 268 g/mol. The van der Waals surface area contributed by atoms with Crippen molar-refractivity contribution in [1.82, 2.24) is 20.5 Å². The normalized spacial score (nSPS) is 10.3. The van der Waals surface area contributed by atoms with E-state index in [1.165, 1.54) is 6.33 Å². The molecule has 0 unspecified atom stereocenters. The molecule has 21 heavy (non-hydrogen) atoms. The van der Waals surface area contributed by atoms with Gasteiger partial charge in [0.05, 0.1) is 11.4 Å². The van der Waals surface area contributed by atoms with Gasteiger partial charge in [0, 0.05) is 25.1 Å². The number of rotatable bonds is 7. The molecule has 0 aliphatic heterocycles. The molecule has 0 saturated carbocycles. The van der Waals surface area contributed by atoms with Gasteiger partial charge in [0.15, 0.2) is 0 Å². The van der Waals surface area contributed by atoms with Crippen molar-refractivity contribution < 1.29 is 4.79 Å². The first-order valence-corrected chi connectivity index (χ1v) is 6.96. The van der Waals surface area contributed by atoms with Crippen molar-refractivity contribution in [2.75, 3.05) is 24.1 Å². The third-order valence-electron chi connectivity index (χ3n) is 3.02. The minimum Gasteiger partial charge on any atom is -0.397 e. The summed E-state index contributed by atoms with van der Waals surface area (Å²) < 4.78 is 0. The standard InChI is InChI=1S/C14H20N6O/c1-2-16-14(21)10-5-6-11(15)12(8-10)17-7-3-4-13-18-9-19-20-13/h5-6,8-9,17H,2-4,7,15H2,1H3,(H,16,21)(H,18,19,20). The van der Waals surface area contributed by atoms with Crippen LogP contribution in [0.15, 0.2) is 24.5 Å². The first-order chi connectivity index (χ1) is 10.2. The zero-order valence-electron chi connectivity index (χ0n) is 12.0. The Bertz CT molecular complexity index is 581. The molecule has 0 spiro atoms. The zero-order valence-corrected chi connectivity index (χ0v) is 12.0. The number of benzene rings is 1. The summed E-state index contributed by atoms with van der Waals surface area (Å²) in [6, 6.07) is 5.23. The number of anilines is 2.